The van der Waals surface area contributed by atoms with E-state index in [4.69, 9.17) is 9.60 Å². The van der Waals surface area contributed by atoms with Crippen LogP contribution in [0.4, 0.5) is 0 Å². The van der Waals surface area contributed by atoms with Crippen LogP contribution in [0.25, 0.3) is 0 Å². The van der Waals surface area contributed by atoms with Gasteiger partial charge in [0.25, 0.3) is 0 Å². The molecule has 1 aromatic rings. The van der Waals surface area contributed by atoms with E-state index in [0.717, 1.165) is 12.4 Å². The largest absolute Gasteiger partial charge is 0.257 e. The maximum atomic E-state index is 7.79. The maximum absolute atomic E-state index is 7.79. The van der Waals surface area contributed by atoms with Crippen molar-refractivity contribution in [3.8, 4) is 0 Å². The van der Waals surface area contributed by atoms with Crippen molar-refractivity contribution in [2.75, 3.05) is 0 Å². The highest BCUT2D eigenvalue weighted by Crippen LogP contribution is 2.10. The average molecular weight is 208 g/mol. The molecule has 2 nitrogen and oxygen atoms in total. The van der Waals surface area contributed by atoms with Gasteiger partial charge in [-0.25, -0.2) is 4.98 Å². The van der Waals surface area contributed by atoms with Gasteiger partial charge < -0.3 is 0 Å². The number of rotatable bonds is 1. The summed E-state index contributed by atoms with van der Waals surface area (Å²) in [6.45, 7) is -6.05. The molecule has 0 N–H and O–H groups in total. The lowest BCUT2D eigenvalue weighted by molar-refractivity contribution is 0.809. The third kappa shape index (κ3) is 1.77. The molecule has 0 fully saturated rings. The van der Waals surface area contributed by atoms with Gasteiger partial charge in [-0.3, -0.25) is 4.98 Å². The molecule has 0 amide bonds. The highest BCUT2D eigenvalue weighted by atomic mass is 79.9. The van der Waals surface area contributed by atoms with Crippen molar-refractivity contribution in [1.29, 1.82) is 0 Å². The quantitative estimate of drug-likeness (QED) is 0.707. The zero-order chi connectivity index (χ0) is 13.5. The van der Waals surface area contributed by atoms with Gasteiger partial charge in [0.15, 0.2) is 0 Å². The van der Waals surface area contributed by atoms with E-state index in [-0.39, 0.29) is 0 Å². The number of halogens is 1. The number of aromatic nitrogens is 2. The standard InChI is InChI=1S/C7H9BrN2/c1-5(2)6-3-10-7(8)4-9-6/h3-5H,1-2H3/i1D3,2D3,5D. The molecular weight excluding hydrogens is 192 g/mol. The van der Waals surface area contributed by atoms with E-state index < -0.39 is 25.3 Å². The van der Waals surface area contributed by atoms with Crippen molar-refractivity contribution in [1.82, 2.24) is 9.97 Å². The molecule has 0 atom stereocenters. The Kier molecular flexibility index (Phi) is 0.792. The van der Waals surface area contributed by atoms with Crippen LogP contribution < -0.4 is 0 Å². The van der Waals surface area contributed by atoms with E-state index in [1.54, 1.807) is 0 Å². The molecule has 0 aliphatic rings. The van der Waals surface area contributed by atoms with Gasteiger partial charge in [0, 0.05) is 15.8 Å². The molecule has 1 aromatic heterocycles. The summed E-state index contributed by atoms with van der Waals surface area (Å²) in [6, 6.07) is 0. The zero-order valence-electron chi connectivity index (χ0n) is 11.9. The van der Waals surface area contributed by atoms with Crippen molar-refractivity contribution < 1.29 is 9.60 Å². The molecule has 0 unspecified atom stereocenters. The van der Waals surface area contributed by atoms with Crippen LogP contribution in [0.1, 0.15) is 34.9 Å². The molecule has 1 rings (SSSR count). The van der Waals surface area contributed by atoms with Crippen LogP contribution >= 0.6 is 15.9 Å². The normalized spacial score (nSPS) is 24.3. The number of nitrogens with zero attached hydrogens (tertiary/aromatic N) is 2. The lowest BCUT2D eigenvalue weighted by atomic mass is 10.1. The predicted molar refractivity (Wildman–Crippen MR) is 43.8 cm³/mol. The molecule has 0 spiro atoms. The first kappa shape index (κ1) is 2.55. The van der Waals surface area contributed by atoms with E-state index in [1.165, 1.54) is 0 Å². The van der Waals surface area contributed by atoms with Crippen LogP contribution in [0.5, 0.6) is 0 Å². The van der Waals surface area contributed by atoms with Crippen molar-refractivity contribution in [3.63, 3.8) is 0 Å². The Labute approximate surface area is 78.7 Å². The fourth-order valence-electron chi connectivity index (χ4n) is 0.441. The zero-order valence-corrected chi connectivity index (χ0v) is 6.51. The van der Waals surface area contributed by atoms with E-state index >= 15 is 0 Å². The molecule has 10 heavy (non-hydrogen) atoms. The first-order valence-corrected chi connectivity index (χ1v) is 3.27. The van der Waals surface area contributed by atoms with Gasteiger partial charge in [-0.1, -0.05) is 13.7 Å². The molecule has 0 saturated heterocycles. The highest BCUT2D eigenvalue weighted by Gasteiger charge is 1.98. The van der Waals surface area contributed by atoms with Crippen LogP contribution in [0.2, 0.25) is 0 Å². The second-order valence-electron chi connectivity index (χ2n) is 1.60. The van der Waals surface area contributed by atoms with Gasteiger partial charge in [-0.15, -0.1) is 0 Å². The minimum absolute atomic E-state index is 0.333. The van der Waals surface area contributed by atoms with Crippen LogP contribution in [0.15, 0.2) is 17.0 Å². The summed E-state index contributed by atoms with van der Waals surface area (Å²) in [5.41, 5.74) is -0.402. The molecule has 0 aliphatic heterocycles. The molecule has 0 saturated carbocycles. The van der Waals surface area contributed by atoms with Crippen molar-refractivity contribution >= 4 is 15.9 Å². The van der Waals surface area contributed by atoms with E-state index in [9.17, 15) is 0 Å². The summed E-state index contributed by atoms with van der Waals surface area (Å²) in [6.07, 6.45) is 2.14. The Bertz CT molecular complexity index is 382. The molecule has 3 heteroatoms. The summed E-state index contributed by atoms with van der Waals surface area (Å²) >= 11 is 3.00. The summed E-state index contributed by atoms with van der Waals surface area (Å²) < 4.78 is 51.6. The van der Waals surface area contributed by atoms with Crippen LogP contribution in [0.3, 0.4) is 0 Å². The van der Waals surface area contributed by atoms with E-state index in [0.29, 0.717) is 4.60 Å². The minimum atomic E-state index is -3.03. The van der Waals surface area contributed by atoms with Crippen molar-refractivity contribution in [3.05, 3.63) is 22.7 Å². The van der Waals surface area contributed by atoms with Gasteiger partial charge in [-0.05, 0) is 21.8 Å². The second-order valence-corrected chi connectivity index (χ2v) is 2.41. The van der Waals surface area contributed by atoms with E-state index in [1.807, 2.05) is 0 Å². The topological polar surface area (TPSA) is 25.8 Å². The lowest BCUT2D eigenvalue weighted by Crippen LogP contribution is -1.92. The van der Waals surface area contributed by atoms with Gasteiger partial charge in [0.2, 0.25) is 0 Å². The van der Waals surface area contributed by atoms with Crippen molar-refractivity contribution in [2.24, 2.45) is 0 Å². The monoisotopic (exact) mass is 207 g/mol. The molecule has 0 bridgehead atoms. The van der Waals surface area contributed by atoms with Crippen molar-refractivity contribution in [2.45, 2.75) is 19.6 Å². The molecule has 1 heterocycles. The summed E-state index contributed by atoms with van der Waals surface area (Å²) in [5.74, 6) is -2.78. The summed E-state index contributed by atoms with van der Waals surface area (Å²) in [5, 5.41) is 0. The number of hydrogen-bond donors (Lipinski definition) is 0. The predicted octanol–water partition coefficient (Wildman–Crippen LogP) is 2.36. The fourth-order valence-corrected chi connectivity index (χ4v) is 0.646. The Hall–Kier alpha value is -0.440. The summed E-state index contributed by atoms with van der Waals surface area (Å²) in [4.78, 5) is 7.37. The van der Waals surface area contributed by atoms with Gasteiger partial charge in [0.1, 0.15) is 4.60 Å². The SMILES string of the molecule is [2H]C([2H])([2H])C([2H])(c1cnc(Br)cn1)C([2H])([2H])[2H]. The number of hydrogen-bond acceptors (Lipinski definition) is 2. The Balaban J connectivity index is 3.41. The van der Waals surface area contributed by atoms with Crippen LogP contribution in [-0.2, 0) is 0 Å². The van der Waals surface area contributed by atoms with Gasteiger partial charge in [0.05, 0.1) is 11.9 Å². The highest BCUT2D eigenvalue weighted by molar-refractivity contribution is 9.10. The Morgan fingerprint density at radius 3 is 2.90 bits per heavy atom. The smallest absolute Gasteiger partial charge is 0.124 e. The van der Waals surface area contributed by atoms with Crippen LogP contribution in [0, 0.1) is 0 Å². The maximum Gasteiger partial charge on any atom is 0.124 e. The third-order valence-corrected chi connectivity index (χ3v) is 1.29. The molecular formula is C7H9BrN2. The van der Waals surface area contributed by atoms with Gasteiger partial charge >= 0.3 is 0 Å². The average Bonchev–Trinajstić information content (AvgIpc) is 2.14. The minimum Gasteiger partial charge on any atom is -0.257 e. The molecule has 0 aromatic carbocycles. The molecule has 54 valence electrons. The Morgan fingerprint density at radius 1 is 1.60 bits per heavy atom. The molecule has 0 aliphatic carbocycles. The first-order chi connectivity index (χ1) is 7.50. The third-order valence-electron chi connectivity index (χ3n) is 0.876. The van der Waals surface area contributed by atoms with E-state index in [2.05, 4.69) is 25.9 Å². The Morgan fingerprint density at radius 2 is 2.40 bits per heavy atom. The van der Waals surface area contributed by atoms with Crippen LogP contribution in [-0.4, -0.2) is 9.97 Å². The first-order valence-electron chi connectivity index (χ1n) is 5.98. The summed E-state index contributed by atoms with van der Waals surface area (Å²) in [7, 11) is 0. The lowest BCUT2D eigenvalue weighted by Gasteiger charge is -2.00. The second kappa shape index (κ2) is 3.10. The van der Waals surface area contributed by atoms with Gasteiger partial charge in [-0.2, -0.15) is 0 Å². The molecule has 0 radical (unpaired) electrons. The fraction of sp³-hybridized carbons (Fsp3) is 0.429.